The Kier molecular flexibility index (Phi) is 10.2. The third-order valence-corrected chi connectivity index (χ3v) is 3.12. The molecule has 0 heterocycles. The van der Waals surface area contributed by atoms with E-state index in [2.05, 4.69) is 67.6 Å². The standard InChI is InChI=1S/C15H16.C4H4O4.H3N/c1-13(15-10-6-3-7-11-15)12-14-8-4-2-5-9-14;5-3(6)1-2-4(7)8;/h2-11,13H,12H2,1H3;1-2H,(H,5,6)(H,7,8);1H3. The second kappa shape index (κ2) is 11.6. The minimum Gasteiger partial charge on any atom is -0.478 e. The molecule has 0 aliphatic heterocycles. The van der Waals surface area contributed by atoms with Crippen molar-refractivity contribution in [3.8, 4) is 0 Å². The Hall–Kier alpha value is -2.92. The zero-order valence-electron chi connectivity index (χ0n) is 13.6. The van der Waals surface area contributed by atoms with Crippen molar-refractivity contribution < 1.29 is 19.8 Å². The molecule has 0 saturated carbocycles. The maximum Gasteiger partial charge on any atom is 0.328 e. The van der Waals surface area contributed by atoms with Gasteiger partial charge in [0, 0.05) is 12.2 Å². The lowest BCUT2D eigenvalue weighted by Crippen LogP contribution is -1.97. The Morgan fingerprint density at radius 2 is 1.29 bits per heavy atom. The highest BCUT2D eigenvalue weighted by Gasteiger charge is 2.04. The number of hydrogen-bond acceptors (Lipinski definition) is 3. The van der Waals surface area contributed by atoms with Crippen LogP contribution in [0, 0.1) is 0 Å². The number of carbonyl (C=O) groups is 2. The van der Waals surface area contributed by atoms with Crippen LogP contribution in [0.5, 0.6) is 0 Å². The summed E-state index contributed by atoms with van der Waals surface area (Å²) in [5.74, 6) is -1.92. The smallest absolute Gasteiger partial charge is 0.328 e. The van der Waals surface area contributed by atoms with Crippen molar-refractivity contribution in [1.29, 1.82) is 0 Å². The predicted octanol–water partition coefficient (Wildman–Crippen LogP) is 3.91. The van der Waals surface area contributed by atoms with E-state index in [4.69, 9.17) is 10.2 Å². The molecule has 0 aliphatic rings. The fraction of sp³-hybridized carbons (Fsp3) is 0.158. The number of carboxylic acid groups (broad SMARTS) is 2. The average molecular weight is 329 g/mol. The van der Waals surface area contributed by atoms with E-state index >= 15 is 0 Å². The van der Waals surface area contributed by atoms with Crippen LogP contribution in [0.4, 0.5) is 0 Å². The molecule has 2 rings (SSSR count). The average Bonchev–Trinajstić information content (AvgIpc) is 2.55. The third-order valence-electron chi connectivity index (χ3n) is 3.12. The van der Waals surface area contributed by atoms with Gasteiger partial charge in [0.25, 0.3) is 0 Å². The Morgan fingerprint density at radius 1 is 0.875 bits per heavy atom. The number of rotatable bonds is 5. The first kappa shape index (κ1) is 21.1. The lowest BCUT2D eigenvalue weighted by atomic mass is 9.94. The molecule has 2 aromatic carbocycles. The molecular formula is C19H23NO4. The third kappa shape index (κ3) is 9.17. The number of hydrogen-bond donors (Lipinski definition) is 3. The zero-order valence-corrected chi connectivity index (χ0v) is 13.6. The van der Waals surface area contributed by atoms with Gasteiger partial charge in [-0.15, -0.1) is 0 Å². The maximum atomic E-state index is 9.55. The molecule has 24 heavy (non-hydrogen) atoms. The fourth-order valence-electron chi connectivity index (χ4n) is 2.01. The molecule has 0 amide bonds. The van der Waals surface area contributed by atoms with Crippen molar-refractivity contribution in [2.24, 2.45) is 0 Å². The molecule has 128 valence electrons. The molecular weight excluding hydrogens is 306 g/mol. The summed E-state index contributed by atoms with van der Waals surface area (Å²) < 4.78 is 0. The molecule has 0 aromatic heterocycles. The van der Waals surface area contributed by atoms with E-state index in [1.165, 1.54) is 11.1 Å². The van der Waals surface area contributed by atoms with Gasteiger partial charge in [-0.05, 0) is 23.5 Å². The molecule has 0 bridgehead atoms. The summed E-state index contributed by atoms with van der Waals surface area (Å²) in [6.45, 7) is 2.28. The van der Waals surface area contributed by atoms with E-state index in [9.17, 15) is 9.59 Å². The molecule has 5 heteroatoms. The molecule has 0 spiro atoms. The van der Waals surface area contributed by atoms with E-state index in [0.29, 0.717) is 18.1 Å². The van der Waals surface area contributed by atoms with Crippen molar-refractivity contribution in [3.05, 3.63) is 83.9 Å². The van der Waals surface area contributed by atoms with Crippen LogP contribution in [0.3, 0.4) is 0 Å². The quantitative estimate of drug-likeness (QED) is 0.720. The Morgan fingerprint density at radius 3 is 1.71 bits per heavy atom. The molecule has 2 aromatic rings. The summed E-state index contributed by atoms with van der Waals surface area (Å²) in [7, 11) is 0. The van der Waals surface area contributed by atoms with Crippen LogP contribution in [0.2, 0.25) is 0 Å². The van der Waals surface area contributed by atoms with E-state index in [-0.39, 0.29) is 6.15 Å². The van der Waals surface area contributed by atoms with E-state index in [0.717, 1.165) is 6.42 Å². The van der Waals surface area contributed by atoms with Gasteiger partial charge in [-0.25, -0.2) is 9.59 Å². The maximum absolute atomic E-state index is 9.55. The highest BCUT2D eigenvalue weighted by Crippen LogP contribution is 2.19. The first-order chi connectivity index (χ1) is 11.0. The van der Waals surface area contributed by atoms with Crippen LogP contribution in [0.15, 0.2) is 72.8 Å². The lowest BCUT2D eigenvalue weighted by molar-refractivity contribution is -0.134. The summed E-state index contributed by atoms with van der Waals surface area (Å²) in [6, 6.07) is 21.4. The van der Waals surface area contributed by atoms with Crippen LogP contribution < -0.4 is 6.15 Å². The van der Waals surface area contributed by atoms with Crippen LogP contribution in [-0.4, -0.2) is 22.2 Å². The van der Waals surface area contributed by atoms with Crippen LogP contribution in [0.25, 0.3) is 0 Å². The first-order valence-corrected chi connectivity index (χ1v) is 7.22. The van der Waals surface area contributed by atoms with Gasteiger partial charge in [0.1, 0.15) is 0 Å². The normalized spacial score (nSPS) is 10.9. The molecule has 5 nitrogen and oxygen atoms in total. The van der Waals surface area contributed by atoms with Gasteiger partial charge >= 0.3 is 11.9 Å². The summed E-state index contributed by atoms with van der Waals surface area (Å²) in [6.07, 6.45) is 2.23. The monoisotopic (exact) mass is 329 g/mol. The summed E-state index contributed by atoms with van der Waals surface area (Å²) in [4.78, 5) is 19.1. The van der Waals surface area contributed by atoms with Crippen LogP contribution in [-0.2, 0) is 16.0 Å². The molecule has 0 radical (unpaired) electrons. The zero-order chi connectivity index (χ0) is 17.1. The fourth-order valence-corrected chi connectivity index (χ4v) is 2.01. The predicted molar refractivity (Wildman–Crippen MR) is 94.4 cm³/mol. The lowest BCUT2D eigenvalue weighted by Gasteiger charge is -2.11. The van der Waals surface area contributed by atoms with Gasteiger partial charge in [0.15, 0.2) is 0 Å². The van der Waals surface area contributed by atoms with Crippen molar-refractivity contribution in [2.45, 2.75) is 19.3 Å². The second-order valence-corrected chi connectivity index (χ2v) is 5.01. The Balaban J connectivity index is 0.000000510. The van der Waals surface area contributed by atoms with Gasteiger partial charge < -0.3 is 16.4 Å². The Bertz CT molecular complexity index is 623. The number of aliphatic carboxylic acids is 2. The van der Waals surface area contributed by atoms with Gasteiger partial charge in [0.2, 0.25) is 0 Å². The topological polar surface area (TPSA) is 110 Å². The molecule has 0 fully saturated rings. The molecule has 0 aliphatic carbocycles. The molecule has 1 unspecified atom stereocenters. The van der Waals surface area contributed by atoms with Crippen LogP contribution in [0.1, 0.15) is 24.0 Å². The van der Waals surface area contributed by atoms with Gasteiger partial charge in [-0.3, -0.25) is 0 Å². The second-order valence-electron chi connectivity index (χ2n) is 5.01. The minimum atomic E-state index is -1.26. The highest BCUT2D eigenvalue weighted by atomic mass is 16.4. The number of benzene rings is 2. The summed E-state index contributed by atoms with van der Waals surface area (Å²) >= 11 is 0. The van der Waals surface area contributed by atoms with Gasteiger partial charge in [-0.2, -0.15) is 0 Å². The van der Waals surface area contributed by atoms with Crippen molar-refractivity contribution in [1.82, 2.24) is 6.15 Å². The van der Waals surface area contributed by atoms with Crippen molar-refractivity contribution in [3.63, 3.8) is 0 Å². The minimum absolute atomic E-state index is 0. The van der Waals surface area contributed by atoms with Crippen LogP contribution >= 0.6 is 0 Å². The van der Waals surface area contributed by atoms with Gasteiger partial charge in [-0.1, -0.05) is 67.6 Å². The van der Waals surface area contributed by atoms with E-state index in [1.54, 1.807) is 0 Å². The largest absolute Gasteiger partial charge is 0.478 e. The summed E-state index contributed by atoms with van der Waals surface area (Å²) in [5, 5.41) is 15.6. The van der Waals surface area contributed by atoms with Gasteiger partial charge in [0.05, 0.1) is 0 Å². The molecule has 0 saturated heterocycles. The molecule has 5 N–H and O–H groups in total. The van der Waals surface area contributed by atoms with E-state index in [1.807, 2.05) is 0 Å². The first-order valence-electron chi connectivity index (χ1n) is 7.22. The number of carboxylic acids is 2. The van der Waals surface area contributed by atoms with Crippen molar-refractivity contribution >= 4 is 11.9 Å². The highest BCUT2D eigenvalue weighted by molar-refractivity contribution is 5.89. The van der Waals surface area contributed by atoms with E-state index < -0.39 is 11.9 Å². The SMILES string of the molecule is CC(Cc1ccccc1)c1ccccc1.N.O=C(O)C=CC(=O)O. The molecule has 1 atom stereocenters. The Labute approximate surface area is 141 Å². The van der Waals surface area contributed by atoms with Crippen molar-refractivity contribution in [2.75, 3.05) is 0 Å². The summed E-state index contributed by atoms with van der Waals surface area (Å²) in [5.41, 5.74) is 2.83.